The van der Waals surface area contributed by atoms with E-state index >= 15 is 0 Å². The summed E-state index contributed by atoms with van der Waals surface area (Å²) in [5.41, 5.74) is 1.56. The number of furan rings is 1. The summed E-state index contributed by atoms with van der Waals surface area (Å²) in [5, 5.41) is 14.6. The zero-order valence-corrected chi connectivity index (χ0v) is 12.6. The molecule has 2 N–H and O–H groups in total. The van der Waals surface area contributed by atoms with Crippen LogP contribution in [-0.2, 0) is 6.54 Å². The zero-order valence-electron chi connectivity index (χ0n) is 11.8. The lowest BCUT2D eigenvalue weighted by molar-refractivity contribution is 0.225. The molecule has 0 aliphatic heterocycles. The topological polar surface area (TPSA) is 45.4 Å². The van der Waals surface area contributed by atoms with E-state index in [0.717, 1.165) is 10.4 Å². The Kier molecular flexibility index (Phi) is 4.68. The van der Waals surface area contributed by atoms with E-state index in [0.29, 0.717) is 17.9 Å². The molecule has 0 radical (unpaired) electrons. The van der Waals surface area contributed by atoms with E-state index in [1.807, 2.05) is 29.6 Å². The predicted octanol–water partition coefficient (Wildman–Crippen LogP) is 3.97. The highest BCUT2D eigenvalue weighted by molar-refractivity contribution is 7.13. The van der Waals surface area contributed by atoms with Crippen molar-refractivity contribution in [2.24, 2.45) is 0 Å². The zero-order chi connectivity index (χ0) is 15.4. The third kappa shape index (κ3) is 3.27. The maximum atomic E-state index is 14.0. The summed E-state index contributed by atoms with van der Waals surface area (Å²) < 4.78 is 19.2. The van der Waals surface area contributed by atoms with Crippen LogP contribution < -0.4 is 5.32 Å². The molecule has 2 heterocycles. The van der Waals surface area contributed by atoms with E-state index < -0.39 is 0 Å². The Hall–Kier alpha value is -1.95. The van der Waals surface area contributed by atoms with Crippen LogP contribution >= 0.6 is 11.3 Å². The fraction of sp³-hybridized carbons (Fsp3) is 0.176. The van der Waals surface area contributed by atoms with Gasteiger partial charge in [0.2, 0.25) is 0 Å². The molecule has 0 aliphatic rings. The van der Waals surface area contributed by atoms with Crippen molar-refractivity contribution in [1.82, 2.24) is 5.32 Å². The minimum atomic E-state index is -0.273. The van der Waals surface area contributed by atoms with Gasteiger partial charge >= 0.3 is 0 Å². The number of halogens is 1. The monoisotopic (exact) mass is 317 g/mol. The summed E-state index contributed by atoms with van der Waals surface area (Å²) in [5.74, 6) is 0.457. The van der Waals surface area contributed by atoms with Crippen molar-refractivity contribution in [2.45, 2.75) is 12.6 Å². The molecule has 0 fully saturated rings. The molecule has 5 heteroatoms. The Morgan fingerprint density at radius 1 is 1.23 bits per heavy atom. The number of rotatable bonds is 6. The van der Waals surface area contributed by atoms with Gasteiger partial charge in [0, 0.05) is 17.0 Å². The van der Waals surface area contributed by atoms with Crippen LogP contribution in [0, 0.1) is 5.82 Å². The van der Waals surface area contributed by atoms with Crippen LogP contribution in [-0.4, -0.2) is 11.7 Å². The highest BCUT2D eigenvalue weighted by Gasteiger charge is 2.13. The molecule has 0 bridgehead atoms. The highest BCUT2D eigenvalue weighted by Crippen LogP contribution is 2.28. The van der Waals surface area contributed by atoms with Gasteiger partial charge in [-0.1, -0.05) is 12.1 Å². The summed E-state index contributed by atoms with van der Waals surface area (Å²) >= 11 is 1.51. The van der Waals surface area contributed by atoms with Crippen LogP contribution in [0.2, 0.25) is 0 Å². The minimum Gasteiger partial charge on any atom is -0.468 e. The van der Waals surface area contributed by atoms with Crippen molar-refractivity contribution in [3.8, 4) is 10.4 Å². The van der Waals surface area contributed by atoms with E-state index in [4.69, 9.17) is 4.42 Å². The molecule has 3 rings (SSSR count). The van der Waals surface area contributed by atoms with Crippen molar-refractivity contribution in [2.75, 3.05) is 6.61 Å². The van der Waals surface area contributed by atoms with Gasteiger partial charge in [-0.25, -0.2) is 4.39 Å². The second-order valence-corrected chi connectivity index (χ2v) is 5.87. The lowest BCUT2D eigenvalue weighted by Gasteiger charge is -2.14. The molecular formula is C17H16FNO2S. The Balaban J connectivity index is 1.74. The lowest BCUT2D eigenvalue weighted by Crippen LogP contribution is -2.23. The average molecular weight is 317 g/mol. The van der Waals surface area contributed by atoms with Gasteiger partial charge in [0.1, 0.15) is 11.6 Å². The number of hydrogen-bond acceptors (Lipinski definition) is 4. The molecule has 0 saturated heterocycles. The van der Waals surface area contributed by atoms with Gasteiger partial charge in [-0.2, -0.15) is 0 Å². The van der Waals surface area contributed by atoms with E-state index in [-0.39, 0.29) is 18.5 Å². The molecular weight excluding hydrogens is 301 g/mol. The third-order valence-corrected chi connectivity index (χ3v) is 4.34. The maximum absolute atomic E-state index is 14.0. The molecule has 0 saturated carbocycles. The third-order valence-electron chi connectivity index (χ3n) is 3.44. The van der Waals surface area contributed by atoms with Crippen molar-refractivity contribution in [3.63, 3.8) is 0 Å². The summed E-state index contributed by atoms with van der Waals surface area (Å²) in [6.45, 7) is 0.455. The first-order chi connectivity index (χ1) is 10.8. The molecule has 22 heavy (non-hydrogen) atoms. The standard InChI is InChI=1S/C17H16FNO2S/c18-14-6-5-12(9-13(14)17-4-2-8-22-17)10-19-15(11-20)16-3-1-7-21-16/h1-9,15,19-20H,10-11H2. The Bertz CT molecular complexity index is 710. The number of nitrogens with one attached hydrogen (secondary N) is 1. The van der Waals surface area contributed by atoms with Crippen molar-refractivity contribution in [1.29, 1.82) is 0 Å². The number of aliphatic hydroxyl groups excluding tert-OH is 1. The van der Waals surface area contributed by atoms with Crippen molar-refractivity contribution < 1.29 is 13.9 Å². The largest absolute Gasteiger partial charge is 0.468 e. The van der Waals surface area contributed by atoms with Gasteiger partial charge in [-0.3, -0.25) is 0 Å². The molecule has 0 spiro atoms. The van der Waals surface area contributed by atoms with Crippen molar-refractivity contribution in [3.05, 3.63) is 71.2 Å². The Labute approximate surface area is 132 Å². The molecule has 1 unspecified atom stereocenters. The van der Waals surface area contributed by atoms with Crippen molar-refractivity contribution >= 4 is 11.3 Å². The molecule has 0 amide bonds. The van der Waals surface area contributed by atoms with E-state index in [2.05, 4.69) is 5.32 Å². The quantitative estimate of drug-likeness (QED) is 0.723. The molecule has 1 aromatic carbocycles. The fourth-order valence-corrected chi connectivity index (χ4v) is 3.03. The van der Waals surface area contributed by atoms with Gasteiger partial charge in [-0.05, 0) is 41.3 Å². The minimum absolute atomic E-state index is 0.0630. The second kappa shape index (κ2) is 6.87. The first kappa shape index (κ1) is 15.0. The second-order valence-electron chi connectivity index (χ2n) is 4.92. The summed E-state index contributed by atoms with van der Waals surface area (Å²) in [6.07, 6.45) is 1.58. The van der Waals surface area contributed by atoms with Crippen LogP contribution in [0.5, 0.6) is 0 Å². The van der Waals surface area contributed by atoms with Crippen LogP contribution in [0.15, 0.2) is 58.5 Å². The van der Waals surface area contributed by atoms with Gasteiger partial charge in [0.25, 0.3) is 0 Å². The predicted molar refractivity (Wildman–Crippen MR) is 85.1 cm³/mol. The van der Waals surface area contributed by atoms with Crippen LogP contribution in [0.4, 0.5) is 4.39 Å². The Morgan fingerprint density at radius 2 is 2.14 bits per heavy atom. The summed E-state index contributed by atoms with van der Waals surface area (Å²) in [6, 6.07) is 12.2. The van der Waals surface area contributed by atoms with E-state index in [1.54, 1.807) is 18.4 Å². The highest BCUT2D eigenvalue weighted by atomic mass is 32.1. The lowest BCUT2D eigenvalue weighted by atomic mass is 10.1. The van der Waals surface area contributed by atoms with E-state index in [9.17, 15) is 9.50 Å². The average Bonchev–Trinajstić information content (AvgIpc) is 3.22. The molecule has 1 atom stereocenters. The molecule has 3 nitrogen and oxygen atoms in total. The molecule has 114 valence electrons. The first-order valence-electron chi connectivity index (χ1n) is 6.98. The first-order valence-corrected chi connectivity index (χ1v) is 7.86. The molecule has 0 aliphatic carbocycles. The normalized spacial score (nSPS) is 12.5. The maximum Gasteiger partial charge on any atom is 0.131 e. The van der Waals surface area contributed by atoms with Crippen LogP contribution in [0.1, 0.15) is 17.4 Å². The van der Waals surface area contributed by atoms with Gasteiger partial charge in [0.15, 0.2) is 0 Å². The van der Waals surface area contributed by atoms with Crippen LogP contribution in [0.25, 0.3) is 10.4 Å². The molecule has 3 aromatic rings. The summed E-state index contributed by atoms with van der Waals surface area (Å²) in [7, 11) is 0. The van der Waals surface area contributed by atoms with E-state index in [1.165, 1.54) is 17.4 Å². The van der Waals surface area contributed by atoms with Gasteiger partial charge in [0.05, 0.1) is 18.9 Å². The van der Waals surface area contributed by atoms with Gasteiger partial charge < -0.3 is 14.8 Å². The number of aliphatic hydroxyl groups is 1. The fourth-order valence-electron chi connectivity index (χ4n) is 2.29. The Morgan fingerprint density at radius 3 is 2.82 bits per heavy atom. The number of thiophene rings is 1. The van der Waals surface area contributed by atoms with Crippen LogP contribution in [0.3, 0.4) is 0 Å². The van der Waals surface area contributed by atoms with Gasteiger partial charge in [-0.15, -0.1) is 11.3 Å². The smallest absolute Gasteiger partial charge is 0.131 e. The number of benzene rings is 1. The molecule has 2 aromatic heterocycles. The SMILES string of the molecule is OCC(NCc1ccc(F)c(-c2cccs2)c1)c1ccco1. The number of hydrogen-bond donors (Lipinski definition) is 2. The summed E-state index contributed by atoms with van der Waals surface area (Å²) in [4.78, 5) is 0.907.